The Labute approximate surface area is 151 Å². The first-order chi connectivity index (χ1) is 12.3. The zero-order chi connectivity index (χ0) is 17.1. The number of thiophene rings is 1. The lowest BCUT2D eigenvalue weighted by atomic mass is 9.97. The zero-order valence-corrected chi connectivity index (χ0v) is 14.4. The van der Waals surface area contributed by atoms with E-state index >= 15 is 0 Å². The van der Waals surface area contributed by atoms with E-state index in [1.165, 1.54) is 11.1 Å². The summed E-state index contributed by atoms with van der Waals surface area (Å²) >= 11 is 1.67. The predicted octanol–water partition coefficient (Wildman–Crippen LogP) is 6.31. The maximum Gasteiger partial charge on any atom is 0.193 e. The molecule has 2 heteroatoms. The molecule has 0 N–H and O–H groups in total. The van der Waals surface area contributed by atoms with Gasteiger partial charge in [-0.3, -0.25) is 4.79 Å². The fourth-order valence-electron chi connectivity index (χ4n) is 2.90. The molecule has 0 aliphatic heterocycles. The molecular formula is C23H16OS. The Hall–Kier alpha value is -2.97. The van der Waals surface area contributed by atoms with Gasteiger partial charge in [-0.25, -0.2) is 0 Å². The Morgan fingerprint density at radius 3 is 2.08 bits per heavy atom. The van der Waals surface area contributed by atoms with Crippen molar-refractivity contribution in [1.29, 1.82) is 0 Å². The molecule has 0 bridgehead atoms. The van der Waals surface area contributed by atoms with Crippen molar-refractivity contribution in [2.75, 3.05) is 0 Å². The molecule has 0 fully saturated rings. The van der Waals surface area contributed by atoms with Crippen LogP contribution in [0.1, 0.15) is 15.9 Å². The summed E-state index contributed by atoms with van der Waals surface area (Å²) in [7, 11) is 0. The van der Waals surface area contributed by atoms with Crippen molar-refractivity contribution < 1.29 is 4.79 Å². The summed E-state index contributed by atoms with van der Waals surface area (Å²) in [6.45, 7) is 0. The third-order valence-corrected chi connectivity index (χ3v) is 5.14. The molecule has 0 unspecified atom stereocenters. The third kappa shape index (κ3) is 3.17. The Morgan fingerprint density at radius 2 is 1.32 bits per heavy atom. The molecule has 0 aliphatic carbocycles. The normalized spacial score (nSPS) is 10.6. The molecule has 0 spiro atoms. The average molecular weight is 340 g/mol. The fraction of sp³-hybridized carbons (Fsp3) is 0. The van der Waals surface area contributed by atoms with Crippen LogP contribution in [-0.4, -0.2) is 5.78 Å². The van der Waals surface area contributed by atoms with Gasteiger partial charge in [-0.1, -0.05) is 84.9 Å². The van der Waals surface area contributed by atoms with Crippen LogP contribution in [0.5, 0.6) is 0 Å². The molecule has 0 atom stereocenters. The molecule has 25 heavy (non-hydrogen) atoms. The Bertz CT molecular complexity index is 1000. The average Bonchev–Trinajstić information content (AvgIpc) is 3.19. The second kappa shape index (κ2) is 6.88. The van der Waals surface area contributed by atoms with Crippen molar-refractivity contribution in [3.63, 3.8) is 0 Å². The number of rotatable bonds is 4. The van der Waals surface area contributed by atoms with Crippen LogP contribution >= 0.6 is 11.3 Å². The van der Waals surface area contributed by atoms with E-state index in [9.17, 15) is 4.79 Å². The topological polar surface area (TPSA) is 17.1 Å². The lowest BCUT2D eigenvalue weighted by molar-refractivity contribution is 0.103. The highest BCUT2D eigenvalue weighted by Gasteiger charge is 2.15. The number of carbonyl (C=O) groups excluding carboxylic acids is 1. The highest BCUT2D eigenvalue weighted by molar-refractivity contribution is 7.14. The third-order valence-electron chi connectivity index (χ3n) is 4.18. The van der Waals surface area contributed by atoms with E-state index in [0.717, 1.165) is 21.6 Å². The van der Waals surface area contributed by atoms with Crippen molar-refractivity contribution >= 4 is 17.1 Å². The van der Waals surface area contributed by atoms with Crippen LogP contribution in [0.25, 0.3) is 21.6 Å². The number of hydrogen-bond acceptors (Lipinski definition) is 2. The summed E-state index contributed by atoms with van der Waals surface area (Å²) in [4.78, 5) is 14.0. The molecule has 0 saturated carbocycles. The van der Waals surface area contributed by atoms with Crippen molar-refractivity contribution in [2.45, 2.75) is 0 Å². The summed E-state index contributed by atoms with van der Waals surface area (Å²) in [5.74, 6) is 0.0610. The summed E-state index contributed by atoms with van der Waals surface area (Å²) in [6.07, 6.45) is 0. The van der Waals surface area contributed by atoms with Crippen LogP contribution in [0.3, 0.4) is 0 Å². The first-order valence-electron chi connectivity index (χ1n) is 8.16. The minimum absolute atomic E-state index is 0.0610. The van der Waals surface area contributed by atoms with Gasteiger partial charge < -0.3 is 0 Å². The van der Waals surface area contributed by atoms with Crippen molar-refractivity contribution in [3.05, 3.63) is 108 Å². The van der Waals surface area contributed by atoms with E-state index in [0.29, 0.717) is 0 Å². The lowest BCUT2D eigenvalue weighted by Crippen LogP contribution is -2.02. The van der Waals surface area contributed by atoms with E-state index in [1.807, 2.05) is 72.8 Å². The van der Waals surface area contributed by atoms with E-state index in [4.69, 9.17) is 0 Å². The number of benzene rings is 3. The van der Waals surface area contributed by atoms with Crippen LogP contribution < -0.4 is 0 Å². The first kappa shape index (κ1) is 15.6. The van der Waals surface area contributed by atoms with Gasteiger partial charge in [0.05, 0.1) is 0 Å². The number of ketones is 1. The van der Waals surface area contributed by atoms with Gasteiger partial charge >= 0.3 is 0 Å². The fourth-order valence-corrected chi connectivity index (χ4v) is 3.86. The summed E-state index contributed by atoms with van der Waals surface area (Å²) in [5.41, 5.74) is 4.83. The summed E-state index contributed by atoms with van der Waals surface area (Å²) < 4.78 is 0. The Morgan fingerprint density at radius 1 is 0.680 bits per heavy atom. The highest BCUT2D eigenvalue weighted by Crippen LogP contribution is 2.35. The lowest BCUT2D eigenvalue weighted by Gasteiger charge is -2.07. The molecule has 0 amide bonds. The standard InChI is InChI=1S/C23H16OS/c24-23(18-11-5-2-6-12-18)21-14-8-7-13-20(21)22-15-19(16-25-22)17-9-3-1-4-10-17/h1-16H. The largest absolute Gasteiger partial charge is 0.289 e. The molecule has 0 radical (unpaired) electrons. The molecular weight excluding hydrogens is 324 g/mol. The number of carbonyl (C=O) groups is 1. The van der Waals surface area contributed by atoms with Crippen LogP contribution in [0, 0.1) is 0 Å². The molecule has 1 nitrogen and oxygen atoms in total. The van der Waals surface area contributed by atoms with Gasteiger partial charge in [-0.15, -0.1) is 11.3 Å². The second-order valence-corrected chi connectivity index (χ2v) is 6.72. The molecule has 0 saturated heterocycles. The maximum absolute atomic E-state index is 12.9. The smallest absolute Gasteiger partial charge is 0.193 e. The van der Waals surface area contributed by atoms with E-state index in [2.05, 4.69) is 23.6 Å². The quantitative estimate of drug-likeness (QED) is 0.398. The van der Waals surface area contributed by atoms with Gasteiger partial charge in [0.15, 0.2) is 5.78 Å². The van der Waals surface area contributed by atoms with Gasteiger partial charge in [0.25, 0.3) is 0 Å². The van der Waals surface area contributed by atoms with Gasteiger partial charge in [0.2, 0.25) is 0 Å². The van der Waals surface area contributed by atoms with Crippen LogP contribution in [0.15, 0.2) is 96.4 Å². The Kier molecular flexibility index (Phi) is 4.28. The Balaban J connectivity index is 1.75. The molecule has 1 aromatic heterocycles. The molecule has 0 aliphatic rings. The highest BCUT2D eigenvalue weighted by atomic mass is 32.1. The second-order valence-electron chi connectivity index (χ2n) is 5.81. The maximum atomic E-state index is 12.9. The van der Waals surface area contributed by atoms with Crippen LogP contribution in [0.4, 0.5) is 0 Å². The molecule has 120 valence electrons. The monoisotopic (exact) mass is 340 g/mol. The van der Waals surface area contributed by atoms with Crippen LogP contribution in [0.2, 0.25) is 0 Å². The van der Waals surface area contributed by atoms with E-state index in [-0.39, 0.29) is 5.78 Å². The van der Waals surface area contributed by atoms with E-state index in [1.54, 1.807) is 11.3 Å². The van der Waals surface area contributed by atoms with Crippen molar-refractivity contribution in [1.82, 2.24) is 0 Å². The van der Waals surface area contributed by atoms with Crippen molar-refractivity contribution in [3.8, 4) is 21.6 Å². The van der Waals surface area contributed by atoms with Gasteiger partial charge in [0, 0.05) is 21.6 Å². The zero-order valence-electron chi connectivity index (χ0n) is 13.6. The summed E-state index contributed by atoms with van der Waals surface area (Å²) in [5, 5.41) is 2.15. The first-order valence-corrected chi connectivity index (χ1v) is 9.04. The summed E-state index contributed by atoms with van der Waals surface area (Å²) in [6, 6.07) is 29.8. The van der Waals surface area contributed by atoms with Gasteiger partial charge in [-0.2, -0.15) is 0 Å². The van der Waals surface area contributed by atoms with Crippen molar-refractivity contribution in [2.24, 2.45) is 0 Å². The molecule has 1 heterocycles. The van der Waals surface area contributed by atoms with Gasteiger partial charge in [-0.05, 0) is 22.6 Å². The predicted molar refractivity (Wildman–Crippen MR) is 105 cm³/mol. The minimum Gasteiger partial charge on any atom is -0.289 e. The van der Waals surface area contributed by atoms with Crippen LogP contribution in [-0.2, 0) is 0 Å². The molecule has 3 aromatic carbocycles. The molecule has 4 aromatic rings. The molecule has 4 rings (SSSR count). The SMILES string of the molecule is O=C(c1ccccc1)c1ccccc1-c1cc(-c2ccccc2)cs1. The van der Waals surface area contributed by atoms with Gasteiger partial charge in [0.1, 0.15) is 0 Å². The minimum atomic E-state index is 0.0610. The number of hydrogen-bond donors (Lipinski definition) is 0. The van der Waals surface area contributed by atoms with E-state index < -0.39 is 0 Å².